The van der Waals surface area contributed by atoms with Gasteiger partial charge < -0.3 is 10.1 Å². The monoisotopic (exact) mass is 230 g/mol. The number of methoxy groups -OCH3 is 1. The Morgan fingerprint density at radius 1 is 1.59 bits per heavy atom. The van der Waals surface area contributed by atoms with E-state index in [1.165, 1.54) is 0 Å². The van der Waals surface area contributed by atoms with E-state index in [2.05, 4.69) is 11.4 Å². The SMILES string of the molecule is COc1cccc(CNC(=O)C2(C#N)CC2)c1. The summed E-state index contributed by atoms with van der Waals surface area (Å²) in [5.74, 6) is 0.598. The highest BCUT2D eigenvalue weighted by atomic mass is 16.5. The molecule has 0 spiro atoms. The number of benzene rings is 1. The molecule has 4 heteroatoms. The van der Waals surface area contributed by atoms with Crippen LogP contribution in [-0.2, 0) is 11.3 Å². The zero-order valence-corrected chi connectivity index (χ0v) is 9.69. The molecule has 2 rings (SSSR count). The summed E-state index contributed by atoms with van der Waals surface area (Å²) in [5, 5.41) is 11.7. The van der Waals surface area contributed by atoms with Gasteiger partial charge in [0.2, 0.25) is 5.91 Å². The average molecular weight is 230 g/mol. The van der Waals surface area contributed by atoms with Crippen LogP contribution in [-0.4, -0.2) is 13.0 Å². The first-order valence-electron chi connectivity index (χ1n) is 5.53. The minimum absolute atomic E-state index is 0.164. The van der Waals surface area contributed by atoms with Gasteiger partial charge in [0.05, 0.1) is 13.2 Å². The minimum Gasteiger partial charge on any atom is -0.497 e. The molecular weight excluding hydrogens is 216 g/mol. The Morgan fingerprint density at radius 3 is 2.94 bits per heavy atom. The molecule has 17 heavy (non-hydrogen) atoms. The van der Waals surface area contributed by atoms with Crippen LogP contribution in [0.25, 0.3) is 0 Å². The highest BCUT2D eigenvalue weighted by Gasteiger charge is 2.50. The Kier molecular flexibility index (Phi) is 3.01. The number of carbonyl (C=O) groups excluding carboxylic acids is 1. The van der Waals surface area contributed by atoms with Gasteiger partial charge in [-0.2, -0.15) is 5.26 Å². The molecule has 1 fully saturated rings. The highest BCUT2D eigenvalue weighted by Crippen LogP contribution is 2.44. The predicted octanol–water partition coefficient (Wildman–Crippen LogP) is 1.62. The number of amides is 1. The van der Waals surface area contributed by atoms with E-state index in [0.717, 1.165) is 11.3 Å². The normalized spacial score (nSPS) is 15.8. The van der Waals surface area contributed by atoms with Gasteiger partial charge in [-0.05, 0) is 30.5 Å². The number of nitrogens with zero attached hydrogens (tertiary/aromatic N) is 1. The van der Waals surface area contributed by atoms with Gasteiger partial charge in [0.1, 0.15) is 11.2 Å². The summed E-state index contributed by atoms with van der Waals surface area (Å²) >= 11 is 0. The molecule has 1 aliphatic carbocycles. The Morgan fingerprint density at radius 2 is 2.35 bits per heavy atom. The quantitative estimate of drug-likeness (QED) is 0.854. The van der Waals surface area contributed by atoms with Gasteiger partial charge in [0.25, 0.3) is 0 Å². The lowest BCUT2D eigenvalue weighted by Crippen LogP contribution is -2.30. The molecule has 0 unspecified atom stereocenters. The van der Waals surface area contributed by atoms with Crippen molar-refractivity contribution in [2.75, 3.05) is 7.11 Å². The van der Waals surface area contributed by atoms with E-state index in [4.69, 9.17) is 10.00 Å². The van der Waals surface area contributed by atoms with Crippen molar-refractivity contribution in [2.24, 2.45) is 5.41 Å². The van der Waals surface area contributed by atoms with Crippen molar-refractivity contribution in [3.63, 3.8) is 0 Å². The minimum atomic E-state index is -0.751. The number of hydrogen-bond acceptors (Lipinski definition) is 3. The molecule has 88 valence electrons. The third kappa shape index (κ3) is 2.39. The lowest BCUT2D eigenvalue weighted by Gasteiger charge is -2.09. The molecule has 0 atom stereocenters. The average Bonchev–Trinajstić information content (AvgIpc) is 3.17. The molecule has 0 bridgehead atoms. The van der Waals surface area contributed by atoms with E-state index >= 15 is 0 Å². The number of nitrogens with one attached hydrogen (secondary N) is 1. The molecule has 1 amide bonds. The van der Waals surface area contributed by atoms with Crippen LogP contribution < -0.4 is 10.1 Å². The Hall–Kier alpha value is -2.02. The van der Waals surface area contributed by atoms with Gasteiger partial charge >= 0.3 is 0 Å². The fourth-order valence-electron chi connectivity index (χ4n) is 1.65. The molecule has 1 aliphatic rings. The molecule has 0 saturated heterocycles. The van der Waals surface area contributed by atoms with Crippen LogP contribution in [0.5, 0.6) is 5.75 Å². The topological polar surface area (TPSA) is 62.1 Å². The zero-order chi connectivity index (χ0) is 12.3. The smallest absolute Gasteiger partial charge is 0.240 e. The Labute approximate surface area is 100 Å². The number of nitriles is 1. The number of carbonyl (C=O) groups is 1. The maximum absolute atomic E-state index is 11.7. The fourth-order valence-corrected chi connectivity index (χ4v) is 1.65. The third-order valence-electron chi connectivity index (χ3n) is 2.99. The molecule has 1 N–H and O–H groups in total. The van der Waals surface area contributed by atoms with Crippen LogP contribution >= 0.6 is 0 Å². The summed E-state index contributed by atoms with van der Waals surface area (Å²) in [6.45, 7) is 0.430. The highest BCUT2D eigenvalue weighted by molar-refractivity contribution is 5.88. The van der Waals surface area contributed by atoms with Crippen molar-refractivity contribution in [3.8, 4) is 11.8 Å². The fraction of sp³-hybridized carbons (Fsp3) is 0.385. The van der Waals surface area contributed by atoms with E-state index < -0.39 is 5.41 Å². The second-order valence-corrected chi connectivity index (χ2v) is 4.23. The second-order valence-electron chi connectivity index (χ2n) is 4.23. The number of ether oxygens (including phenoxy) is 1. The third-order valence-corrected chi connectivity index (χ3v) is 2.99. The van der Waals surface area contributed by atoms with Crippen molar-refractivity contribution >= 4 is 5.91 Å². The summed E-state index contributed by atoms with van der Waals surface area (Å²) in [6, 6.07) is 9.58. The van der Waals surface area contributed by atoms with Gasteiger partial charge in [0, 0.05) is 6.54 Å². The first-order chi connectivity index (χ1) is 8.20. The summed E-state index contributed by atoms with van der Waals surface area (Å²) < 4.78 is 5.10. The Bertz CT molecular complexity index is 473. The predicted molar refractivity (Wildman–Crippen MR) is 62.1 cm³/mol. The maximum atomic E-state index is 11.7. The van der Waals surface area contributed by atoms with E-state index in [1.807, 2.05) is 24.3 Å². The molecule has 1 saturated carbocycles. The summed E-state index contributed by atoms with van der Waals surface area (Å²) in [6.07, 6.45) is 1.35. The van der Waals surface area contributed by atoms with Crippen LogP contribution in [0.2, 0.25) is 0 Å². The van der Waals surface area contributed by atoms with Gasteiger partial charge in [0.15, 0.2) is 0 Å². The first-order valence-corrected chi connectivity index (χ1v) is 5.53. The molecule has 1 aromatic carbocycles. The molecule has 0 heterocycles. The van der Waals surface area contributed by atoms with Crippen LogP contribution in [0, 0.1) is 16.7 Å². The van der Waals surface area contributed by atoms with Gasteiger partial charge in [-0.3, -0.25) is 4.79 Å². The van der Waals surface area contributed by atoms with E-state index in [-0.39, 0.29) is 5.91 Å². The van der Waals surface area contributed by atoms with Crippen molar-refractivity contribution in [3.05, 3.63) is 29.8 Å². The van der Waals surface area contributed by atoms with E-state index in [9.17, 15) is 4.79 Å². The molecule has 4 nitrogen and oxygen atoms in total. The molecule has 1 aromatic rings. The second kappa shape index (κ2) is 4.46. The zero-order valence-electron chi connectivity index (χ0n) is 9.69. The standard InChI is InChI=1S/C13H14N2O2/c1-17-11-4-2-3-10(7-11)8-15-12(16)13(9-14)5-6-13/h2-4,7H,5-6,8H2,1H3,(H,15,16). The van der Waals surface area contributed by atoms with Crippen LogP contribution in [0.4, 0.5) is 0 Å². The summed E-state index contributed by atoms with van der Waals surface area (Å²) in [5.41, 5.74) is 0.213. The van der Waals surface area contributed by atoms with Gasteiger partial charge in [-0.1, -0.05) is 12.1 Å². The van der Waals surface area contributed by atoms with Gasteiger partial charge in [-0.25, -0.2) is 0 Å². The Balaban J connectivity index is 1.94. The van der Waals surface area contributed by atoms with Crippen molar-refractivity contribution in [2.45, 2.75) is 19.4 Å². The lowest BCUT2D eigenvalue weighted by atomic mass is 10.1. The maximum Gasteiger partial charge on any atom is 0.240 e. The van der Waals surface area contributed by atoms with E-state index in [1.54, 1.807) is 7.11 Å². The van der Waals surface area contributed by atoms with Crippen LogP contribution in [0.3, 0.4) is 0 Å². The van der Waals surface area contributed by atoms with Gasteiger partial charge in [-0.15, -0.1) is 0 Å². The molecule has 0 aliphatic heterocycles. The number of hydrogen-bond donors (Lipinski definition) is 1. The molecule has 0 radical (unpaired) electrons. The van der Waals surface area contributed by atoms with Crippen LogP contribution in [0.15, 0.2) is 24.3 Å². The van der Waals surface area contributed by atoms with Crippen LogP contribution in [0.1, 0.15) is 18.4 Å². The summed E-state index contributed by atoms with van der Waals surface area (Å²) in [7, 11) is 1.60. The lowest BCUT2D eigenvalue weighted by molar-refractivity contribution is -0.124. The summed E-state index contributed by atoms with van der Waals surface area (Å²) in [4.78, 5) is 11.7. The van der Waals surface area contributed by atoms with Crippen molar-refractivity contribution in [1.82, 2.24) is 5.32 Å². The first kappa shape index (κ1) is 11.5. The molecular formula is C13H14N2O2. The largest absolute Gasteiger partial charge is 0.497 e. The van der Waals surface area contributed by atoms with Crippen molar-refractivity contribution in [1.29, 1.82) is 5.26 Å². The van der Waals surface area contributed by atoms with Crippen molar-refractivity contribution < 1.29 is 9.53 Å². The van der Waals surface area contributed by atoms with E-state index in [0.29, 0.717) is 19.4 Å². The molecule has 0 aromatic heterocycles. The number of rotatable bonds is 4.